The summed E-state index contributed by atoms with van der Waals surface area (Å²) in [4.78, 5) is 36.4. The Morgan fingerprint density at radius 2 is 1.83 bits per heavy atom. The van der Waals surface area contributed by atoms with Crippen molar-refractivity contribution in [3.63, 3.8) is 0 Å². The summed E-state index contributed by atoms with van der Waals surface area (Å²) in [6.07, 6.45) is 9.03. The van der Waals surface area contributed by atoms with E-state index in [2.05, 4.69) is 25.8 Å². The minimum absolute atomic E-state index is 0.244. The van der Waals surface area contributed by atoms with E-state index >= 15 is 0 Å². The molecule has 0 spiro atoms. The lowest BCUT2D eigenvalue weighted by molar-refractivity contribution is 0.0843. The van der Waals surface area contributed by atoms with Gasteiger partial charge in [0.15, 0.2) is 0 Å². The van der Waals surface area contributed by atoms with Gasteiger partial charge in [0.25, 0.3) is 11.8 Å². The number of pyridine rings is 1. The Bertz CT molecular complexity index is 699. The number of hydrogen-bond donors (Lipinski definition) is 2. The Morgan fingerprint density at radius 1 is 1.04 bits per heavy atom. The number of aromatic nitrogens is 3. The van der Waals surface area contributed by atoms with E-state index in [1.807, 2.05) is 0 Å². The van der Waals surface area contributed by atoms with Gasteiger partial charge in [-0.1, -0.05) is 12.8 Å². The number of amides is 2. The fraction of sp³-hybridized carbons (Fsp3) is 0.312. The first-order chi connectivity index (χ1) is 11.2. The Kier molecular flexibility index (Phi) is 4.56. The molecule has 7 heteroatoms. The third kappa shape index (κ3) is 3.68. The van der Waals surface area contributed by atoms with Crippen LogP contribution in [0, 0.1) is 0 Å². The normalized spacial score (nSPS) is 14.4. The second-order valence-electron chi connectivity index (χ2n) is 5.43. The highest BCUT2D eigenvalue weighted by Gasteiger charge is 2.21. The van der Waals surface area contributed by atoms with Crippen LogP contribution in [0.2, 0.25) is 0 Å². The Morgan fingerprint density at radius 3 is 2.57 bits per heavy atom. The molecule has 2 N–H and O–H groups in total. The van der Waals surface area contributed by atoms with E-state index in [9.17, 15) is 9.59 Å². The van der Waals surface area contributed by atoms with Crippen LogP contribution in [0.1, 0.15) is 58.3 Å². The number of hydrazine groups is 1. The maximum atomic E-state index is 12.1. The van der Waals surface area contributed by atoms with Gasteiger partial charge in [-0.15, -0.1) is 0 Å². The number of carbonyl (C=O) groups excluding carboxylic acids is 2. The standard InChI is InChI=1S/C16H17N5O2/c22-15(12-6-3-8-17-10-12)20-21-16(23)13-7-9-18-14(19-13)11-4-1-2-5-11/h3,6-11H,1-2,4-5H2,(H,20,22)(H,21,23). The van der Waals surface area contributed by atoms with E-state index in [1.165, 1.54) is 25.1 Å². The van der Waals surface area contributed by atoms with E-state index in [0.717, 1.165) is 12.8 Å². The number of carbonyl (C=O) groups is 2. The average molecular weight is 311 g/mol. The molecular formula is C16H17N5O2. The van der Waals surface area contributed by atoms with E-state index in [4.69, 9.17) is 0 Å². The fourth-order valence-electron chi connectivity index (χ4n) is 2.63. The molecule has 1 saturated carbocycles. The Balaban J connectivity index is 1.62. The predicted octanol–water partition coefficient (Wildman–Crippen LogP) is 1.60. The van der Waals surface area contributed by atoms with Gasteiger partial charge in [0.1, 0.15) is 11.5 Å². The third-order valence-corrected chi connectivity index (χ3v) is 3.84. The fourth-order valence-corrected chi connectivity index (χ4v) is 2.63. The summed E-state index contributed by atoms with van der Waals surface area (Å²) in [6, 6.07) is 4.79. The first kappa shape index (κ1) is 15.1. The maximum Gasteiger partial charge on any atom is 0.288 e. The van der Waals surface area contributed by atoms with E-state index in [-0.39, 0.29) is 5.69 Å². The number of nitrogens with zero attached hydrogens (tertiary/aromatic N) is 3. The molecule has 2 aromatic heterocycles. The van der Waals surface area contributed by atoms with Gasteiger partial charge in [-0.25, -0.2) is 9.97 Å². The zero-order valence-corrected chi connectivity index (χ0v) is 12.5. The van der Waals surface area contributed by atoms with Gasteiger partial charge in [-0.3, -0.25) is 25.4 Å². The molecule has 1 fully saturated rings. The summed E-state index contributed by atoms with van der Waals surface area (Å²) in [6.45, 7) is 0. The van der Waals surface area contributed by atoms with Gasteiger partial charge in [0.05, 0.1) is 5.56 Å². The van der Waals surface area contributed by atoms with Crippen molar-refractivity contribution in [1.29, 1.82) is 0 Å². The highest BCUT2D eigenvalue weighted by Crippen LogP contribution is 2.31. The molecule has 3 rings (SSSR count). The van der Waals surface area contributed by atoms with Crippen molar-refractivity contribution in [3.05, 3.63) is 53.9 Å². The molecule has 0 atom stereocenters. The molecule has 0 aliphatic heterocycles. The zero-order chi connectivity index (χ0) is 16.1. The van der Waals surface area contributed by atoms with Crippen LogP contribution in [-0.4, -0.2) is 26.8 Å². The second kappa shape index (κ2) is 6.95. The van der Waals surface area contributed by atoms with E-state index in [0.29, 0.717) is 17.3 Å². The molecule has 23 heavy (non-hydrogen) atoms. The summed E-state index contributed by atoms with van der Waals surface area (Å²) in [5.41, 5.74) is 5.31. The average Bonchev–Trinajstić information content (AvgIpc) is 3.15. The van der Waals surface area contributed by atoms with Gasteiger partial charge >= 0.3 is 0 Å². The van der Waals surface area contributed by atoms with Crippen LogP contribution in [0.15, 0.2) is 36.8 Å². The summed E-state index contributed by atoms with van der Waals surface area (Å²) in [5.74, 6) is 0.127. The lowest BCUT2D eigenvalue weighted by Crippen LogP contribution is -2.42. The molecule has 0 radical (unpaired) electrons. The van der Waals surface area contributed by atoms with Gasteiger partial charge < -0.3 is 0 Å². The zero-order valence-electron chi connectivity index (χ0n) is 12.5. The van der Waals surface area contributed by atoms with E-state index in [1.54, 1.807) is 24.5 Å². The monoisotopic (exact) mass is 311 g/mol. The molecule has 2 aromatic rings. The molecule has 2 heterocycles. The molecule has 2 amide bonds. The van der Waals surface area contributed by atoms with Crippen molar-refractivity contribution in [2.75, 3.05) is 0 Å². The van der Waals surface area contributed by atoms with E-state index < -0.39 is 11.8 Å². The third-order valence-electron chi connectivity index (χ3n) is 3.84. The Hall–Kier alpha value is -2.83. The predicted molar refractivity (Wildman–Crippen MR) is 82.4 cm³/mol. The molecule has 7 nitrogen and oxygen atoms in total. The molecule has 0 saturated heterocycles. The largest absolute Gasteiger partial charge is 0.288 e. The van der Waals surface area contributed by atoms with Crippen molar-refractivity contribution >= 4 is 11.8 Å². The summed E-state index contributed by atoms with van der Waals surface area (Å²) in [5, 5.41) is 0. The van der Waals surface area contributed by atoms with Gasteiger partial charge in [-0.05, 0) is 31.0 Å². The summed E-state index contributed by atoms with van der Waals surface area (Å²) < 4.78 is 0. The first-order valence-electron chi connectivity index (χ1n) is 7.57. The quantitative estimate of drug-likeness (QED) is 0.839. The van der Waals surface area contributed by atoms with Crippen molar-refractivity contribution < 1.29 is 9.59 Å². The molecule has 1 aliphatic carbocycles. The van der Waals surface area contributed by atoms with Crippen LogP contribution in [0.4, 0.5) is 0 Å². The van der Waals surface area contributed by atoms with Crippen LogP contribution in [0.25, 0.3) is 0 Å². The molecule has 0 aromatic carbocycles. The molecule has 0 bridgehead atoms. The highest BCUT2D eigenvalue weighted by atomic mass is 16.2. The van der Waals surface area contributed by atoms with Crippen LogP contribution >= 0.6 is 0 Å². The topological polar surface area (TPSA) is 96.9 Å². The van der Waals surface area contributed by atoms with Crippen molar-refractivity contribution in [2.45, 2.75) is 31.6 Å². The SMILES string of the molecule is O=C(NNC(=O)c1ccnc(C2CCCC2)n1)c1cccnc1. The van der Waals surface area contributed by atoms with Crippen molar-refractivity contribution in [3.8, 4) is 0 Å². The molecule has 0 unspecified atom stereocenters. The molecule has 1 aliphatic rings. The van der Waals surface area contributed by atoms with Gasteiger partial charge in [0.2, 0.25) is 0 Å². The lowest BCUT2D eigenvalue weighted by Gasteiger charge is -2.10. The smallest absolute Gasteiger partial charge is 0.267 e. The lowest BCUT2D eigenvalue weighted by atomic mass is 10.1. The first-order valence-corrected chi connectivity index (χ1v) is 7.57. The van der Waals surface area contributed by atoms with Crippen LogP contribution in [0.5, 0.6) is 0 Å². The highest BCUT2D eigenvalue weighted by molar-refractivity contribution is 5.98. The number of hydrogen-bond acceptors (Lipinski definition) is 5. The summed E-state index contributed by atoms with van der Waals surface area (Å²) >= 11 is 0. The van der Waals surface area contributed by atoms with Gasteiger partial charge in [0, 0.05) is 24.5 Å². The second-order valence-corrected chi connectivity index (χ2v) is 5.43. The summed E-state index contributed by atoms with van der Waals surface area (Å²) in [7, 11) is 0. The number of nitrogens with one attached hydrogen (secondary N) is 2. The number of rotatable bonds is 3. The van der Waals surface area contributed by atoms with Crippen LogP contribution in [0.3, 0.4) is 0 Å². The molecular weight excluding hydrogens is 294 g/mol. The van der Waals surface area contributed by atoms with Crippen LogP contribution < -0.4 is 10.9 Å². The molecule has 118 valence electrons. The van der Waals surface area contributed by atoms with Gasteiger partial charge in [-0.2, -0.15) is 0 Å². The van der Waals surface area contributed by atoms with Crippen molar-refractivity contribution in [2.24, 2.45) is 0 Å². The minimum Gasteiger partial charge on any atom is -0.267 e. The van der Waals surface area contributed by atoms with Crippen LogP contribution in [-0.2, 0) is 0 Å². The maximum absolute atomic E-state index is 12.1. The minimum atomic E-state index is -0.469. The Labute approximate surface area is 133 Å². The van der Waals surface area contributed by atoms with Crippen molar-refractivity contribution in [1.82, 2.24) is 25.8 Å².